The molecule has 0 atom stereocenters. The molecule has 0 aromatic heterocycles. The van der Waals surface area contributed by atoms with Crippen LogP contribution in [0, 0.1) is 0 Å². The van der Waals surface area contributed by atoms with Gasteiger partial charge in [-0.25, -0.2) is 0 Å². The third kappa shape index (κ3) is 5.44. The quantitative estimate of drug-likeness (QED) is 0.398. The predicted octanol–water partition coefficient (Wildman–Crippen LogP) is 1.77. The smallest absolute Gasteiger partial charge is 0.0650 e. The van der Waals surface area contributed by atoms with Crippen molar-refractivity contribution in [1.29, 1.82) is 0 Å². The molecule has 0 heterocycles. The summed E-state index contributed by atoms with van der Waals surface area (Å²) in [5, 5.41) is 0. The van der Waals surface area contributed by atoms with Crippen molar-refractivity contribution < 1.29 is 4.74 Å². The van der Waals surface area contributed by atoms with E-state index in [0.29, 0.717) is 6.61 Å². The van der Waals surface area contributed by atoms with Gasteiger partial charge in [-0.1, -0.05) is 24.8 Å². The lowest BCUT2D eigenvalue weighted by Gasteiger charge is -1.89. The Labute approximate surface area is 50.7 Å². The Hall–Kier alpha value is -0.560. The van der Waals surface area contributed by atoms with Gasteiger partial charge in [0.1, 0.15) is 0 Å². The molecule has 0 aliphatic heterocycles. The van der Waals surface area contributed by atoms with Crippen molar-refractivity contribution in [3.63, 3.8) is 0 Å². The van der Waals surface area contributed by atoms with Crippen LogP contribution >= 0.6 is 0 Å². The van der Waals surface area contributed by atoms with Crippen LogP contribution in [0.4, 0.5) is 0 Å². The Kier molecular flexibility index (Phi) is 5.99. The van der Waals surface area contributed by atoms with Crippen LogP contribution < -0.4 is 0 Å². The summed E-state index contributed by atoms with van der Waals surface area (Å²) in [6, 6.07) is 0. The molecule has 0 unspecified atom stereocenters. The van der Waals surface area contributed by atoms with Gasteiger partial charge >= 0.3 is 0 Å². The summed E-state index contributed by atoms with van der Waals surface area (Å²) in [7, 11) is 0. The van der Waals surface area contributed by atoms with Gasteiger partial charge in [0.15, 0.2) is 0 Å². The minimum Gasteiger partial charge on any atom is -0.378 e. The summed E-state index contributed by atoms with van der Waals surface area (Å²) in [5.41, 5.74) is 0. The lowest BCUT2D eigenvalue weighted by atomic mass is 10.5. The summed E-state index contributed by atoms with van der Waals surface area (Å²) < 4.78 is 5.00. The van der Waals surface area contributed by atoms with E-state index in [0.717, 1.165) is 6.61 Å². The van der Waals surface area contributed by atoms with Crippen LogP contribution in [0.1, 0.15) is 6.92 Å². The molecular weight excluding hydrogens is 100 g/mol. The summed E-state index contributed by atoms with van der Waals surface area (Å²) in [4.78, 5) is 0. The maximum absolute atomic E-state index is 5.00. The molecule has 0 amide bonds. The van der Waals surface area contributed by atoms with Crippen LogP contribution in [0.5, 0.6) is 0 Å². The highest BCUT2D eigenvalue weighted by Crippen LogP contribution is 1.75. The monoisotopic (exact) mass is 112 g/mol. The molecule has 0 N–H and O–H groups in total. The molecule has 46 valence electrons. The number of hydrogen-bond donors (Lipinski definition) is 0. The minimum absolute atomic E-state index is 0.697. The molecule has 0 radical (unpaired) electrons. The number of allylic oxidation sites excluding steroid dienone is 2. The molecule has 0 bridgehead atoms. The molecule has 0 aliphatic carbocycles. The van der Waals surface area contributed by atoms with E-state index in [9.17, 15) is 0 Å². The van der Waals surface area contributed by atoms with Crippen molar-refractivity contribution in [3.8, 4) is 0 Å². The third-order valence-corrected chi connectivity index (χ3v) is 0.690. The molecular formula is C7H12O. The summed E-state index contributed by atoms with van der Waals surface area (Å²) >= 11 is 0. The Balaban J connectivity index is 2.91. The largest absolute Gasteiger partial charge is 0.378 e. The van der Waals surface area contributed by atoms with Gasteiger partial charge in [0.2, 0.25) is 0 Å². The second-order valence-corrected chi connectivity index (χ2v) is 1.32. The molecule has 0 aliphatic rings. The van der Waals surface area contributed by atoms with E-state index in [1.807, 2.05) is 19.1 Å². The fourth-order valence-electron chi connectivity index (χ4n) is 0.338. The number of ether oxygens (including phenoxy) is 1. The van der Waals surface area contributed by atoms with Crippen LogP contribution in [0.25, 0.3) is 0 Å². The summed E-state index contributed by atoms with van der Waals surface area (Å²) in [6.45, 7) is 6.97. The Bertz CT molecular complexity index is 74.5. The molecule has 1 heteroatoms. The maximum Gasteiger partial charge on any atom is 0.0650 e. The first-order chi connectivity index (χ1) is 3.91. The first-order valence-corrected chi connectivity index (χ1v) is 2.77. The molecule has 0 spiro atoms. The maximum atomic E-state index is 5.00. The number of rotatable bonds is 4. The van der Waals surface area contributed by atoms with E-state index in [-0.39, 0.29) is 0 Å². The summed E-state index contributed by atoms with van der Waals surface area (Å²) in [6.07, 6.45) is 5.53. The standard InChI is InChI=1S/C7H12O/c1-3-5-6-7-8-4-2/h3,5-6H,1,4,7H2,2H3/b6-5+. The molecule has 0 saturated carbocycles. The van der Waals surface area contributed by atoms with Gasteiger partial charge in [0.25, 0.3) is 0 Å². The second kappa shape index (κ2) is 6.44. The van der Waals surface area contributed by atoms with Crippen molar-refractivity contribution >= 4 is 0 Å². The zero-order valence-electron chi connectivity index (χ0n) is 5.26. The van der Waals surface area contributed by atoms with Crippen LogP contribution in [-0.2, 0) is 4.74 Å². The van der Waals surface area contributed by atoms with Crippen molar-refractivity contribution in [2.24, 2.45) is 0 Å². The fourth-order valence-corrected chi connectivity index (χ4v) is 0.338. The molecule has 0 aromatic carbocycles. The Morgan fingerprint density at radius 1 is 1.62 bits per heavy atom. The lowest BCUT2D eigenvalue weighted by molar-refractivity contribution is 0.177. The minimum atomic E-state index is 0.697. The summed E-state index contributed by atoms with van der Waals surface area (Å²) in [5.74, 6) is 0. The molecule has 0 fully saturated rings. The molecule has 0 rings (SSSR count). The zero-order chi connectivity index (χ0) is 6.24. The van der Waals surface area contributed by atoms with Gasteiger partial charge in [-0.2, -0.15) is 0 Å². The zero-order valence-corrected chi connectivity index (χ0v) is 5.26. The van der Waals surface area contributed by atoms with E-state index < -0.39 is 0 Å². The van der Waals surface area contributed by atoms with Crippen LogP contribution in [0.15, 0.2) is 24.8 Å². The van der Waals surface area contributed by atoms with Crippen LogP contribution in [-0.4, -0.2) is 13.2 Å². The second-order valence-electron chi connectivity index (χ2n) is 1.32. The van der Waals surface area contributed by atoms with Gasteiger partial charge in [0.05, 0.1) is 6.61 Å². The topological polar surface area (TPSA) is 9.23 Å². The average molecular weight is 112 g/mol. The van der Waals surface area contributed by atoms with Gasteiger partial charge in [-0.15, -0.1) is 0 Å². The van der Waals surface area contributed by atoms with Gasteiger partial charge < -0.3 is 4.74 Å². The van der Waals surface area contributed by atoms with Crippen molar-refractivity contribution in [2.45, 2.75) is 6.92 Å². The highest BCUT2D eigenvalue weighted by Gasteiger charge is 1.70. The van der Waals surface area contributed by atoms with E-state index in [4.69, 9.17) is 4.74 Å². The van der Waals surface area contributed by atoms with E-state index >= 15 is 0 Å². The van der Waals surface area contributed by atoms with Gasteiger partial charge in [0, 0.05) is 6.61 Å². The van der Waals surface area contributed by atoms with E-state index in [2.05, 4.69) is 6.58 Å². The average Bonchev–Trinajstić information content (AvgIpc) is 1.81. The van der Waals surface area contributed by atoms with Crippen LogP contribution in [0.2, 0.25) is 0 Å². The fraction of sp³-hybridized carbons (Fsp3) is 0.429. The third-order valence-electron chi connectivity index (χ3n) is 0.690. The molecule has 0 saturated heterocycles. The number of hydrogen-bond acceptors (Lipinski definition) is 1. The first-order valence-electron chi connectivity index (χ1n) is 2.77. The van der Waals surface area contributed by atoms with E-state index in [1.165, 1.54) is 0 Å². The van der Waals surface area contributed by atoms with Crippen molar-refractivity contribution in [1.82, 2.24) is 0 Å². The molecule has 0 aromatic rings. The normalized spacial score (nSPS) is 10.1. The van der Waals surface area contributed by atoms with Gasteiger partial charge in [-0.3, -0.25) is 0 Å². The first kappa shape index (κ1) is 7.44. The SMILES string of the molecule is C=C/C=C/COCC. The van der Waals surface area contributed by atoms with Crippen LogP contribution in [0.3, 0.4) is 0 Å². The highest BCUT2D eigenvalue weighted by molar-refractivity contribution is 4.96. The Morgan fingerprint density at radius 2 is 2.38 bits per heavy atom. The van der Waals surface area contributed by atoms with E-state index in [1.54, 1.807) is 6.08 Å². The molecule has 8 heavy (non-hydrogen) atoms. The predicted molar refractivity (Wildman–Crippen MR) is 35.8 cm³/mol. The van der Waals surface area contributed by atoms with Crippen molar-refractivity contribution in [2.75, 3.05) is 13.2 Å². The molecule has 1 nitrogen and oxygen atoms in total. The lowest BCUT2D eigenvalue weighted by Crippen LogP contribution is -1.86. The highest BCUT2D eigenvalue weighted by atomic mass is 16.5. The Morgan fingerprint density at radius 3 is 2.88 bits per heavy atom. The van der Waals surface area contributed by atoms with Crippen molar-refractivity contribution in [3.05, 3.63) is 24.8 Å². The van der Waals surface area contributed by atoms with Gasteiger partial charge in [-0.05, 0) is 6.92 Å².